The monoisotopic (exact) mass is 297 g/mol. The smallest absolute Gasteiger partial charge is 0.303 e. The second-order valence-corrected chi connectivity index (χ2v) is 6.43. The number of carboxylic acid groups (broad SMARTS) is 1. The van der Waals surface area contributed by atoms with Crippen LogP contribution in [0.1, 0.15) is 38.5 Å². The minimum atomic E-state index is -0.756. The Labute approximate surface area is 126 Å². The molecule has 1 aliphatic heterocycles. The number of carboxylic acids is 1. The van der Waals surface area contributed by atoms with Crippen LogP contribution in [0.3, 0.4) is 0 Å². The molecule has 1 saturated heterocycles. The number of nitrogens with zero attached hydrogens (tertiary/aromatic N) is 1. The minimum absolute atomic E-state index is 0.0206. The van der Waals surface area contributed by atoms with Crippen molar-refractivity contribution in [1.82, 2.24) is 15.5 Å². The first-order valence-electron chi connectivity index (χ1n) is 8.01. The quantitative estimate of drug-likeness (QED) is 0.662. The Morgan fingerprint density at radius 3 is 2.43 bits per heavy atom. The zero-order valence-corrected chi connectivity index (χ0v) is 12.7. The molecule has 2 aliphatic rings. The Hall–Kier alpha value is -1.14. The van der Waals surface area contributed by atoms with Gasteiger partial charge in [-0.25, -0.2) is 0 Å². The molecule has 2 fully saturated rings. The van der Waals surface area contributed by atoms with Crippen LogP contribution in [0.5, 0.6) is 0 Å². The van der Waals surface area contributed by atoms with Gasteiger partial charge in [0.1, 0.15) is 0 Å². The van der Waals surface area contributed by atoms with Gasteiger partial charge in [-0.05, 0) is 18.3 Å². The minimum Gasteiger partial charge on any atom is -0.481 e. The number of nitrogens with one attached hydrogen (secondary N) is 2. The molecule has 0 aromatic carbocycles. The van der Waals surface area contributed by atoms with Gasteiger partial charge in [-0.1, -0.05) is 19.3 Å². The highest BCUT2D eigenvalue weighted by Gasteiger charge is 2.34. The highest BCUT2D eigenvalue weighted by molar-refractivity contribution is 5.78. The number of piperazine rings is 1. The number of carbonyl (C=O) groups excluding carboxylic acids is 1. The van der Waals surface area contributed by atoms with Crippen molar-refractivity contribution in [3.05, 3.63) is 0 Å². The number of hydrogen-bond donors (Lipinski definition) is 3. The lowest BCUT2D eigenvalue weighted by Crippen LogP contribution is -2.49. The fraction of sp³-hybridized carbons (Fsp3) is 0.867. The molecule has 1 heterocycles. The molecular formula is C15H27N3O3. The van der Waals surface area contributed by atoms with Crippen LogP contribution in [0.2, 0.25) is 0 Å². The summed E-state index contributed by atoms with van der Waals surface area (Å²) in [5, 5.41) is 15.4. The summed E-state index contributed by atoms with van der Waals surface area (Å²) in [6.07, 6.45) is 5.30. The Bertz CT molecular complexity index is 361. The molecule has 120 valence electrons. The second kappa shape index (κ2) is 7.75. The van der Waals surface area contributed by atoms with Crippen molar-refractivity contribution < 1.29 is 14.7 Å². The van der Waals surface area contributed by atoms with Crippen molar-refractivity contribution in [1.29, 1.82) is 0 Å². The summed E-state index contributed by atoms with van der Waals surface area (Å²) in [4.78, 5) is 25.3. The maximum absolute atomic E-state index is 12.1. The highest BCUT2D eigenvalue weighted by Crippen LogP contribution is 2.38. The summed E-state index contributed by atoms with van der Waals surface area (Å²) in [5.41, 5.74) is -0.233. The number of amides is 1. The topological polar surface area (TPSA) is 81.7 Å². The zero-order chi connectivity index (χ0) is 15.1. The van der Waals surface area contributed by atoms with E-state index in [1.165, 1.54) is 6.42 Å². The lowest BCUT2D eigenvalue weighted by Gasteiger charge is -2.36. The summed E-state index contributed by atoms with van der Waals surface area (Å²) in [7, 11) is 0. The number of hydrogen-bond acceptors (Lipinski definition) is 4. The molecule has 0 aromatic rings. The first-order valence-corrected chi connectivity index (χ1v) is 8.01. The third-order valence-corrected chi connectivity index (χ3v) is 4.68. The molecule has 21 heavy (non-hydrogen) atoms. The molecule has 6 nitrogen and oxygen atoms in total. The fourth-order valence-electron chi connectivity index (χ4n) is 3.45. The Balaban J connectivity index is 1.79. The van der Waals surface area contributed by atoms with Gasteiger partial charge in [-0.15, -0.1) is 0 Å². The lowest BCUT2D eigenvalue weighted by atomic mass is 9.71. The van der Waals surface area contributed by atoms with E-state index < -0.39 is 5.97 Å². The Morgan fingerprint density at radius 2 is 1.81 bits per heavy atom. The van der Waals surface area contributed by atoms with Crippen LogP contribution >= 0.6 is 0 Å². The molecule has 1 aliphatic carbocycles. The fourth-order valence-corrected chi connectivity index (χ4v) is 3.45. The van der Waals surface area contributed by atoms with Crippen molar-refractivity contribution in [3.8, 4) is 0 Å². The SMILES string of the molecule is O=C(O)CC1(CNC(=O)CN2CCNCC2)CCCCC1. The van der Waals surface area contributed by atoms with Crippen LogP contribution in [0.4, 0.5) is 0 Å². The van der Waals surface area contributed by atoms with E-state index in [4.69, 9.17) is 5.11 Å². The zero-order valence-electron chi connectivity index (χ0n) is 12.7. The molecule has 1 amide bonds. The van der Waals surface area contributed by atoms with Crippen molar-refractivity contribution >= 4 is 11.9 Å². The van der Waals surface area contributed by atoms with Crippen molar-refractivity contribution in [2.75, 3.05) is 39.3 Å². The van der Waals surface area contributed by atoms with E-state index in [0.29, 0.717) is 13.1 Å². The van der Waals surface area contributed by atoms with E-state index in [2.05, 4.69) is 15.5 Å². The van der Waals surface area contributed by atoms with Gasteiger partial charge < -0.3 is 15.7 Å². The summed E-state index contributed by atoms with van der Waals surface area (Å²) in [6.45, 7) is 4.57. The standard InChI is InChI=1S/C15H27N3O3/c19-13(11-18-8-6-16-7-9-18)17-12-15(10-14(20)21)4-2-1-3-5-15/h16H,1-12H2,(H,17,19)(H,20,21). The van der Waals surface area contributed by atoms with Crippen molar-refractivity contribution in [3.63, 3.8) is 0 Å². The second-order valence-electron chi connectivity index (χ2n) is 6.43. The predicted octanol–water partition coefficient (Wildman–Crippen LogP) is 0.433. The van der Waals surface area contributed by atoms with Gasteiger partial charge in [0, 0.05) is 32.7 Å². The van der Waals surface area contributed by atoms with Crippen LogP contribution in [0.15, 0.2) is 0 Å². The third kappa shape index (κ3) is 5.28. The van der Waals surface area contributed by atoms with Crippen molar-refractivity contribution in [2.24, 2.45) is 5.41 Å². The van der Waals surface area contributed by atoms with Crippen LogP contribution in [-0.4, -0.2) is 61.2 Å². The molecule has 0 bridgehead atoms. The Kier molecular flexibility index (Phi) is 5.99. The van der Waals surface area contributed by atoms with Gasteiger partial charge in [0.15, 0.2) is 0 Å². The predicted molar refractivity (Wildman–Crippen MR) is 80.1 cm³/mol. The molecule has 0 spiro atoms. The molecule has 3 N–H and O–H groups in total. The summed E-state index contributed by atoms with van der Waals surface area (Å²) < 4.78 is 0. The van der Waals surface area contributed by atoms with Gasteiger partial charge in [0.05, 0.1) is 13.0 Å². The highest BCUT2D eigenvalue weighted by atomic mass is 16.4. The summed E-state index contributed by atoms with van der Waals surface area (Å²) >= 11 is 0. The summed E-state index contributed by atoms with van der Waals surface area (Å²) in [6, 6.07) is 0. The van der Waals surface area contributed by atoms with Gasteiger partial charge in [0.2, 0.25) is 5.91 Å². The van der Waals surface area contributed by atoms with Crippen molar-refractivity contribution in [2.45, 2.75) is 38.5 Å². The molecule has 0 radical (unpaired) electrons. The van der Waals surface area contributed by atoms with E-state index in [1.807, 2.05) is 0 Å². The third-order valence-electron chi connectivity index (χ3n) is 4.68. The first-order chi connectivity index (χ1) is 10.1. The maximum atomic E-state index is 12.1. The number of carbonyl (C=O) groups is 2. The van der Waals surface area contributed by atoms with Crippen LogP contribution in [-0.2, 0) is 9.59 Å². The average Bonchev–Trinajstić information content (AvgIpc) is 2.47. The van der Waals surface area contributed by atoms with Crippen LogP contribution in [0, 0.1) is 5.41 Å². The van der Waals surface area contributed by atoms with Gasteiger partial charge in [-0.2, -0.15) is 0 Å². The van der Waals surface area contributed by atoms with E-state index in [-0.39, 0.29) is 17.7 Å². The van der Waals surface area contributed by atoms with E-state index in [9.17, 15) is 9.59 Å². The molecule has 0 aromatic heterocycles. The number of rotatable bonds is 6. The molecule has 2 rings (SSSR count). The number of aliphatic carboxylic acids is 1. The first kappa shape index (κ1) is 16.2. The molecular weight excluding hydrogens is 270 g/mol. The molecule has 0 unspecified atom stereocenters. The Morgan fingerprint density at radius 1 is 1.14 bits per heavy atom. The van der Waals surface area contributed by atoms with E-state index in [1.54, 1.807) is 0 Å². The largest absolute Gasteiger partial charge is 0.481 e. The van der Waals surface area contributed by atoms with Crippen LogP contribution < -0.4 is 10.6 Å². The normalized spacial score (nSPS) is 22.7. The summed E-state index contributed by atoms with van der Waals surface area (Å²) in [5.74, 6) is -0.736. The molecule has 0 atom stereocenters. The molecule has 6 heteroatoms. The maximum Gasteiger partial charge on any atom is 0.303 e. The lowest BCUT2D eigenvalue weighted by molar-refractivity contribution is -0.140. The average molecular weight is 297 g/mol. The van der Waals surface area contributed by atoms with Gasteiger partial charge in [0.25, 0.3) is 0 Å². The van der Waals surface area contributed by atoms with Crippen LogP contribution in [0.25, 0.3) is 0 Å². The molecule has 1 saturated carbocycles. The van der Waals surface area contributed by atoms with Gasteiger partial charge >= 0.3 is 5.97 Å². The van der Waals surface area contributed by atoms with Gasteiger partial charge in [-0.3, -0.25) is 14.5 Å². The van der Waals surface area contributed by atoms with E-state index in [0.717, 1.165) is 51.9 Å². The van der Waals surface area contributed by atoms with E-state index >= 15 is 0 Å².